The molecular formula is C15H26. The van der Waals surface area contributed by atoms with Crippen molar-refractivity contribution in [2.24, 2.45) is 0 Å². The summed E-state index contributed by atoms with van der Waals surface area (Å²) in [6, 6.07) is 10.8. The summed E-state index contributed by atoms with van der Waals surface area (Å²) in [5.41, 5.74) is 1.49. The molecule has 0 aromatic heterocycles. The topological polar surface area (TPSA) is 0 Å². The molecule has 0 amide bonds. The number of aryl methyl sites for hydroxylation is 1. The van der Waals surface area contributed by atoms with Gasteiger partial charge in [0, 0.05) is 0 Å². The molecule has 1 rings (SSSR count). The highest BCUT2D eigenvalue weighted by atomic mass is 14.0. The monoisotopic (exact) mass is 206 g/mol. The summed E-state index contributed by atoms with van der Waals surface area (Å²) < 4.78 is 0. The first-order valence-electron chi connectivity index (χ1n) is 6.47. The Morgan fingerprint density at radius 1 is 0.800 bits per heavy atom. The van der Waals surface area contributed by atoms with Crippen molar-refractivity contribution in [1.82, 2.24) is 0 Å². The maximum Gasteiger partial charge on any atom is -0.0279 e. The lowest BCUT2D eigenvalue weighted by atomic mass is 10.1. The van der Waals surface area contributed by atoms with Gasteiger partial charge in [0.25, 0.3) is 0 Å². The number of unbranched alkanes of at least 4 members (excludes halogenated alkanes) is 4. The highest BCUT2D eigenvalue weighted by Crippen LogP contribution is 2.08. The van der Waals surface area contributed by atoms with Gasteiger partial charge in [0.15, 0.2) is 0 Å². The predicted molar refractivity (Wildman–Crippen MR) is 70.3 cm³/mol. The lowest BCUT2D eigenvalue weighted by Gasteiger charge is -2.00. The highest BCUT2D eigenvalue weighted by molar-refractivity contribution is 5.14. The Balaban J connectivity index is 0.000000921. The van der Waals surface area contributed by atoms with Crippen LogP contribution in [0.5, 0.6) is 0 Å². The van der Waals surface area contributed by atoms with E-state index in [0.29, 0.717) is 0 Å². The molecule has 86 valence electrons. The largest absolute Gasteiger partial charge is 0.0683 e. The van der Waals surface area contributed by atoms with Crippen molar-refractivity contribution in [3.05, 3.63) is 35.9 Å². The third-order valence-electron chi connectivity index (χ3n) is 2.41. The first-order chi connectivity index (χ1) is 7.43. The molecule has 0 aliphatic rings. The second-order valence-corrected chi connectivity index (χ2v) is 3.65. The molecule has 15 heavy (non-hydrogen) atoms. The predicted octanol–water partition coefficient (Wildman–Crippen LogP) is 5.23. The van der Waals surface area contributed by atoms with E-state index in [9.17, 15) is 0 Å². The van der Waals surface area contributed by atoms with Crippen LogP contribution in [0.3, 0.4) is 0 Å². The van der Waals surface area contributed by atoms with Gasteiger partial charge in [-0.3, -0.25) is 0 Å². The van der Waals surface area contributed by atoms with Crippen LogP contribution >= 0.6 is 0 Å². The summed E-state index contributed by atoms with van der Waals surface area (Å²) in [7, 11) is 0. The first kappa shape index (κ1) is 14.2. The summed E-state index contributed by atoms with van der Waals surface area (Å²) in [5, 5.41) is 0. The molecule has 0 radical (unpaired) electrons. The van der Waals surface area contributed by atoms with Gasteiger partial charge in [0.05, 0.1) is 0 Å². The van der Waals surface area contributed by atoms with E-state index in [-0.39, 0.29) is 0 Å². The van der Waals surface area contributed by atoms with Crippen LogP contribution in [-0.2, 0) is 6.42 Å². The van der Waals surface area contributed by atoms with Crippen LogP contribution in [0.2, 0.25) is 0 Å². The molecule has 0 spiro atoms. The third-order valence-corrected chi connectivity index (χ3v) is 2.41. The van der Waals surface area contributed by atoms with Gasteiger partial charge in [0.2, 0.25) is 0 Å². The molecule has 0 saturated carbocycles. The summed E-state index contributed by atoms with van der Waals surface area (Å²) in [6.45, 7) is 6.26. The van der Waals surface area contributed by atoms with E-state index in [0.717, 1.165) is 0 Å². The molecule has 0 unspecified atom stereocenters. The molecule has 0 atom stereocenters. The second kappa shape index (κ2) is 11.3. The summed E-state index contributed by atoms with van der Waals surface area (Å²) in [5.74, 6) is 0. The molecule has 1 aromatic carbocycles. The number of hydrogen-bond acceptors (Lipinski definition) is 0. The van der Waals surface area contributed by atoms with Gasteiger partial charge >= 0.3 is 0 Å². The number of benzene rings is 1. The lowest BCUT2D eigenvalue weighted by molar-refractivity contribution is 0.632. The smallest absolute Gasteiger partial charge is 0.0279 e. The standard InChI is InChI=1S/C13H20.C2H6/c1-2-3-4-5-7-10-13-11-8-6-9-12-13;1-2/h6,8-9,11-12H,2-5,7,10H2,1H3;1-2H3. The first-order valence-corrected chi connectivity index (χ1v) is 6.47. The van der Waals surface area contributed by atoms with E-state index in [1.54, 1.807) is 0 Å². The SMILES string of the molecule is CC.CCCCCCCc1ccccc1. The average molecular weight is 206 g/mol. The van der Waals surface area contributed by atoms with Gasteiger partial charge in [0.1, 0.15) is 0 Å². The zero-order valence-electron chi connectivity index (χ0n) is 10.6. The van der Waals surface area contributed by atoms with Crippen LogP contribution in [0, 0.1) is 0 Å². The van der Waals surface area contributed by atoms with Crippen molar-refractivity contribution < 1.29 is 0 Å². The number of hydrogen-bond donors (Lipinski definition) is 0. The quantitative estimate of drug-likeness (QED) is 0.559. The van der Waals surface area contributed by atoms with Gasteiger partial charge in [-0.15, -0.1) is 0 Å². The summed E-state index contributed by atoms with van der Waals surface area (Å²) in [6.07, 6.45) is 8.14. The minimum Gasteiger partial charge on any atom is -0.0683 e. The Morgan fingerprint density at radius 2 is 1.40 bits per heavy atom. The summed E-state index contributed by atoms with van der Waals surface area (Å²) >= 11 is 0. The van der Waals surface area contributed by atoms with Gasteiger partial charge < -0.3 is 0 Å². The van der Waals surface area contributed by atoms with E-state index < -0.39 is 0 Å². The molecule has 0 N–H and O–H groups in total. The van der Waals surface area contributed by atoms with Crippen molar-refractivity contribution >= 4 is 0 Å². The Morgan fingerprint density at radius 3 is 2.00 bits per heavy atom. The molecule has 1 aromatic rings. The van der Waals surface area contributed by atoms with Crippen molar-refractivity contribution in [2.75, 3.05) is 0 Å². The Kier molecular flexibility index (Phi) is 10.7. The Bertz CT molecular complexity index is 201. The van der Waals surface area contributed by atoms with Crippen LogP contribution in [0.25, 0.3) is 0 Å². The second-order valence-electron chi connectivity index (χ2n) is 3.65. The van der Waals surface area contributed by atoms with E-state index >= 15 is 0 Å². The van der Waals surface area contributed by atoms with Crippen LogP contribution in [-0.4, -0.2) is 0 Å². The molecule has 0 bridgehead atoms. The summed E-state index contributed by atoms with van der Waals surface area (Å²) in [4.78, 5) is 0. The molecule has 0 saturated heterocycles. The van der Waals surface area contributed by atoms with Crippen molar-refractivity contribution in [2.45, 2.75) is 59.3 Å². The zero-order valence-corrected chi connectivity index (χ0v) is 10.6. The van der Waals surface area contributed by atoms with Crippen LogP contribution < -0.4 is 0 Å². The van der Waals surface area contributed by atoms with Crippen LogP contribution in [0.15, 0.2) is 30.3 Å². The molecule has 0 aliphatic heterocycles. The maximum absolute atomic E-state index is 2.26. The fourth-order valence-electron chi connectivity index (χ4n) is 1.58. The molecule has 0 heterocycles. The van der Waals surface area contributed by atoms with E-state index in [1.165, 1.54) is 44.1 Å². The normalized spacial score (nSPS) is 9.27. The molecule has 0 nitrogen and oxygen atoms in total. The van der Waals surface area contributed by atoms with Crippen molar-refractivity contribution in [3.63, 3.8) is 0 Å². The Labute approximate surface area is 95.7 Å². The fraction of sp³-hybridized carbons (Fsp3) is 0.600. The van der Waals surface area contributed by atoms with Crippen LogP contribution in [0.1, 0.15) is 58.4 Å². The lowest BCUT2D eigenvalue weighted by Crippen LogP contribution is -1.84. The van der Waals surface area contributed by atoms with E-state index in [4.69, 9.17) is 0 Å². The molecule has 0 heteroatoms. The molecule has 0 fully saturated rings. The third kappa shape index (κ3) is 8.23. The average Bonchev–Trinajstić information content (AvgIpc) is 2.33. The highest BCUT2D eigenvalue weighted by Gasteiger charge is 1.91. The van der Waals surface area contributed by atoms with Gasteiger partial charge in [-0.1, -0.05) is 76.8 Å². The molecule has 0 aliphatic carbocycles. The fourth-order valence-corrected chi connectivity index (χ4v) is 1.58. The maximum atomic E-state index is 2.26. The minimum absolute atomic E-state index is 1.25. The molecular weight excluding hydrogens is 180 g/mol. The van der Waals surface area contributed by atoms with E-state index in [2.05, 4.69) is 37.3 Å². The van der Waals surface area contributed by atoms with Gasteiger partial charge in [-0.05, 0) is 18.4 Å². The van der Waals surface area contributed by atoms with Gasteiger partial charge in [-0.25, -0.2) is 0 Å². The zero-order chi connectivity index (χ0) is 11.4. The number of rotatable bonds is 6. The van der Waals surface area contributed by atoms with E-state index in [1.807, 2.05) is 13.8 Å². The van der Waals surface area contributed by atoms with Crippen molar-refractivity contribution in [3.8, 4) is 0 Å². The minimum atomic E-state index is 1.25. The Hall–Kier alpha value is -0.780. The van der Waals surface area contributed by atoms with Crippen LogP contribution in [0.4, 0.5) is 0 Å². The van der Waals surface area contributed by atoms with Crippen molar-refractivity contribution in [1.29, 1.82) is 0 Å². The van der Waals surface area contributed by atoms with Gasteiger partial charge in [-0.2, -0.15) is 0 Å².